The number of benzene rings is 2. The molecule has 2 rings (SSSR count). The van der Waals surface area contributed by atoms with Gasteiger partial charge in [0.1, 0.15) is 18.9 Å². The van der Waals surface area contributed by atoms with Crippen molar-refractivity contribution >= 4 is 33.2 Å². The third kappa shape index (κ3) is 6.77. The van der Waals surface area contributed by atoms with Gasteiger partial charge in [0.05, 0.1) is 18.0 Å². The number of hydrogen-bond acceptors (Lipinski definition) is 4. The predicted molar refractivity (Wildman–Crippen MR) is 108 cm³/mol. The Balaban J connectivity index is 1.94. The van der Waals surface area contributed by atoms with E-state index < -0.39 is 15.9 Å². The lowest BCUT2D eigenvalue weighted by Gasteiger charge is -2.23. The van der Waals surface area contributed by atoms with Crippen LogP contribution in [0.15, 0.2) is 48.5 Å². The zero-order valence-corrected chi connectivity index (χ0v) is 17.0. The Morgan fingerprint density at radius 2 is 1.74 bits per heavy atom. The summed E-state index contributed by atoms with van der Waals surface area (Å²) in [5, 5.41) is 3.23. The van der Waals surface area contributed by atoms with Gasteiger partial charge in [-0.1, -0.05) is 29.3 Å². The molecule has 0 aliphatic carbocycles. The Bertz CT molecular complexity index is 868. The number of ether oxygens (including phenoxy) is 1. The van der Waals surface area contributed by atoms with Crippen molar-refractivity contribution in [2.75, 3.05) is 23.7 Å². The van der Waals surface area contributed by atoms with Gasteiger partial charge < -0.3 is 10.1 Å². The van der Waals surface area contributed by atoms with Crippen LogP contribution in [0.2, 0.25) is 5.02 Å². The minimum atomic E-state index is -3.62. The highest BCUT2D eigenvalue weighted by Crippen LogP contribution is 2.20. The Morgan fingerprint density at radius 1 is 1.15 bits per heavy atom. The zero-order valence-electron chi connectivity index (χ0n) is 15.5. The maximum Gasteiger partial charge on any atom is 0.241 e. The number of carbonyl (C=O) groups is 1. The van der Waals surface area contributed by atoms with Crippen LogP contribution in [0, 0.1) is 6.92 Å². The van der Waals surface area contributed by atoms with Crippen LogP contribution in [0.1, 0.15) is 12.5 Å². The van der Waals surface area contributed by atoms with Crippen molar-refractivity contribution in [1.82, 2.24) is 5.32 Å². The minimum Gasteiger partial charge on any atom is -0.491 e. The maximum atomic E-state index is 12.3. The third-order valence-electron chi connectivity index (χ3n) is 3.73. The van der Waals surface area contributed by atoms with Gasteiger partial charge in [0.2, 0.25) is 15.9 Å². The second kappa shape index (κ2) is 9.10. The SMILES string of the molecule is Cc1ccc(OC[C@@H](C)NC(=O)CN(c2ccc(Cl)cc2)S(C)(=O)=O)cc1. The largest absolute Gasteiger partial charge is 0.491 e. The standard InChI is InChI=1S/C19H23ClN2O4S/c1-14-4-10-18(11-5-14)26-13-15(2)21-19(23)12-22(27(3,24)25)17-8-6-16(20)7-9-17/h4-11,15H,12-13H2,1-3H3,(H,21,23)/t15-/m1/s1. The van der Waals surface area contributed by atoms with E-state index in [1.807, 2.05) is 31.2 Å². The number of hydrogen-bond donors (Lipinski definition) is 1. The molecule has 6 nitrogen and oxygen atoms in total. The summed E-state index contributed by atoms with van der Waals surface area (Å²) in [7, 11) is -3.62. The number of halogens is 1. The smallest absolute Gasteiger partial charge is 0.241 e. The molecule has 0 bridgehead atoms. The Kier molecular flexibility index (Phi) is 7.10. The van der Waals surface area contributed by atoms with E-state index in [1.54, 1.807) is 31.2 Å². The van der Waals surface area contributed by atoms with Crippen LogP contribution in [-0.4, -0.2) is 39.8 Å². The van der Waals surface area contributed by atoms with Gasteiger partial charge in [0.15, 0.2) is 0 Å². The first-order valence-corrected chi connectivity index (χ1v) is 10.6. The quantitative estimate of drug-likeness (QED) is 0.725. The maximum absolute atomic E-state index is 12.3. The van der Waals surface area contributed by atoms with E-state index in [9.17, 15) is 13.2 Å². The fraction of sp³-hybridized carbons (Fsp3) is 0.316. The highest BCUT2D eigenvalue weighted by Gasteiger charge is 2.21. The monoisotopic (exact) mass is 410 g/mol. The number of rotatable bonds is 8. The Morgan fingerprint density at radius 3 is 2.30 bits per heavy atom. The average Bonchev–Trinajstić information content (AvgIpc) is 2.59. The third-order valence-corrected chi connectivity index (χ3v) is 5.12. The summed E-state index contributed by atoms with van der Waals surface area (Å²) in [6, 6.07) is 13.6. The van der Waals surface area contributed by atoms with Crippen LogP contribution in [0.5, 0.6) is 5.75 Å². The molecule has 8 heteroatoms. The highest BCUT2D eigenvalue weighted by molar-refractivity contribution is 7.92. The van der Waals surface area contributed by atoms with Crippen molar-refractivity contribution in [3.05, 3.63) is 59.1 Å². The van der Waals surface area contributed by atoms with Crippen LogP contribution in [0.25, 0.3) is 0 Å². The van der Waals surface area contributed by atoms with E-state index in [2.05, 4.69) is 5.32 Å². The summed E-state index contributed by atoms with van der Waals surface area (Å²) in [5.74, 6) is 0.288. The summed E-state index contributed by atoms with van der Waals surface area (Å²) in [6.07, 6.45) is 1.05. The van der Waals surface area contributed by atoms with Crippen LogP contribution < -0.4 is 14.4 Å². The van der Waals surface area contributed by atoms with E-state index in [-0.39, 0.29) is 19.2 Å². The first-order chi connectivity index (χ1) is 12.6. The molecule has 0 fully saturated rings. The van der Waals surface area contributed by atoms with E-state index in [4.69, 9.17) is 16.3 Å². The summed E-state index contributed by atoms with van der Waals surface area (Å²) in [4.78, 5) is 12.3. The topological polar surface area (TPSA) is 75.7 Å². The molecule has 0 spiro atoms. The van der Waals surface area contributed by atoms with Gasteiger partial charge in [-0.2, -0.15) is 0 Å². The van der Waals surface area contributed by atoms with E-state index in [0.29, 0.717) is 16.5 Å². The van der Waals surface area contributed by atoms with Crippen molar-refractivity contribution in [2.24, 2.45) is 0 Å². The molecule has 27 heavy (non-hydrogen) atoms. The second-order valence-corrected chi connectivity index (χ2v) is 8.68. The number of carbonyl (C=O) groups excluding carboxylic acids is 1. The van der Waals surface area contributed by atoms with E-state index >= 15 is 0 Å². The molecule has 0 aliphatic rings. The van der Waals surface area contributed by atoms with E-state index in [0.717, 1.165) is 16.1 Å². The van der Waals surface area contributed by atoms with Crippen LogP contribution in [0.4, 0.5) is 5.69 Å². The van der Waals surface area contributed by atoms with Gasteiger partial charge in [-0.3, -0.25) is 9.10 Å². The van der Waals surface area contributed by atoms with Gasteiger partial charge >= 0.3 is 0 Å². The molecular weight excluding hydrogens is 388 g/mol. The number of nitrogens with zero attached hydrogens (tertiary/aromatic N) is 1. The lowest BCUT2D eigenvalue weighted by molar-refractivity contribution is -0.120. The van der Waals surface area contributed by atoms with Gasteiger partial charge in [-0.05, 0) is 50.2 Å². The first-order valence-electron chi connectivity index (χ1n) is 8.37. The van der Waals surface area contributed by atoms with Crippen molar-refractivity contribution in [2.45, 2.75) is 19.9 Å². The fourth-order valence-electron chi connectivity index (χ4n) is 2.36. The van der Waals surface area contributed by atoms with Gasteiger partial charge in [0, 0.05) is 5.02 Å². The number of sulfonamides is 1. The highest BCUT2D eigenvalue weighted by atomic mass is 35.5. The van der Waals surface area contributed by atoms with Crippen molar-refractivity contribution < 1.29 is 17.9 Å². The molecule has 2 aromatic carbocycles. The predicted octanol–water partition coefficient (Wildman–Crippen LogP) is 3.00. The number of amides is 1. The fourth-order valence-corrected chi connectivity index (χ4v) is 3.34. The lowest BCUT2D eigenvalue weighted by atomic mass is 10.2. The number of anilines is 1. The summed E-state index contributed by atoms with van der Waals surface area (Å²) in [5.41, 5.74) is 1.51. The lowest BCUT2D eigenvalue weighted by Crippen LogP contribution is -2.44. The number of nitrogens with one attached hydrogen (secondary N) is 1. The molecule has 0 saturated carbocycles. The van der Waals surface area contributed by atoms with E-state index in [1.165, 1.54) is 0 Å². The summed E-state index contributed by atoms with van der Waals surface area (Å²) >= 11 is 5.84. The van der Waals surface area contributed by atoms with Gasteiger partial charge in [-0.25, -0.2) is 8.42 Å². The van der Waals surface area contributed by atoms with Gasteiger partial charge in [-0.15, -0.1) is 0 Å². The van der Waals surface area contributed by atoms with Crippen molar-refractivity contribution in [1.29, 1.82) is 0 Å². The molecular formula is C19H23ClN2O4S. The molecule has 0 unspecified atom stereocenters. The molecule has 146 valence electrons. The van der Waals surface area contributed by atoms with Crippen molar-refractivity contribution in [3.63, 3.8) is 0 Å². The Labute approximate surface area is 165 Å². The minimum absolute atomic E-state index is 0.272. The molecule has 1 N–H and O–H groups in total. The second-order valence-electron chi connectivity index (χ2n) is 6.34. The van der Waals surface area contributed by atoms with Crippen LogP contribution >= 0.6 is 11.6 Å². The van der Waals surface area contributed by atoms with Crippen molar-refractivity contribution in [3.8, 4) is 5.75 Å². The van der Waals surface area contributed by atoms with Crippen LogP contribution in [0.3, 0.4) is 0 Å². The molecule has 0 aliphatic heterocycles. The molecule has 1 amide bonds. The molecule has 0 radical (unpaired) electrons. The molecule has 2 aromatic rings. The zero-order chi connectivity index (χ0) is 20.0. The summed E-state index contributed by atoms with van der Waals surface area (Å²) in [6.45, 7) is 3.73. The van der Waals surface area contributed by atoms with Crippen LogP contribution in [-0.2, 0) is 14.8 Å². The molecule has 0 saturated heterocycles. The van der Waals surface area contributed by atoms with Gasteiger partial charge in [0.25, 0.3) is 0 Å². The first kappa shape index (κ1) is 21.1. The molecule has 1 atom stereocenters. The average molecular weight is 411 g/mol. The molecule has 0 heterocycles. The Hall–Kier alpha value is -2.25. The number of aryl methyl sites for hydroxylation is 1. The summed E-state index contributed by atoms with van der Waals surface area (Å²) < 4.78 is 30.8. The normalized spacial score (nSPS) is 12.3. The molecule has 0 aromatic heterocycles.